The van der Waals surface area contributed by atoms with Gasteiger partial charge in [-0.15, -0.1) is 0 Å². The van der Waals surface area contributed by atoms with E-state index in [2.05, 4.69) is 45.5 Å². The van der Waals surface area contributed by atoms with Gasteiger partial charge in [0, 0.05) is 23.7 Å². The number of carboxylic acid groups (broad SMARTS) is 1. The van der Waals surface area contributed by atoms with E-state index in [0.717, 1.165) is 45.1 Å². The Balaban J connectivity index is 0.000000470. The maximum Gasteiger partial charge on any atom is 0.490 e. The molecule has 3 amide bonds. The minimum Gasteiger partial charge on any atom is -0.475 e. The molecule has 16 heteroatoms. The van der Waals surface area contributed by atoms with Gasteiger partial charge in [0.25, 0.3) is 5.91 Å². The van der Waals surface area contributed by atoms with Gasteiger partial charge in [0.1, 0.15) is 5.70 Å². The van der Waals surface area contributed by atoms with Crippen molar-refractivity contribution in [2.45, 2.75) is 76.7 Å². The lowest BCUT2D eigenvalue weighted by molar-refractivity contribution is -0.192. The van der Waals surface area contributed by atoms with Crippen LogP contribution in [0.2, 0.25) is 0 Å². The first-order valence-electron chi connectivity index (χ1n) is 13.1. The molecule has 6 N–H and O–H groups in total. The molecule has 13 nitrogen and oxygen atoms in total. The molecule has 0 bridgehead atoms. The number of aliphatic carboxylic acids is 1. The molecule has 0 unspecified atom stereocenters. The molecule has 3 aliphatic rings. The van der Waals surface area contributed by atoms with Crippen molar-refractivity contribution in [1.29, 1.82) is 0 Å². The normalized spacial score (nSPS) is 22.1. The van der Waals surface area contributed by atoms with E-state index in [0.29, 0.717) is 47.2 Å². The quantitative estimate of drug-likeness (QED) is 0.205. The van der Waals surface area contributed by atoms with Crippen molar-refractivity contribution in [2.24, 2.45) is 5.92 Å². The number of carboxylic acids is 1. The van der Waals surface area contributed by atoms with Gasteiger partial charge >= 0.3 is 18.2 Å². The number of hydrogen-bond acceptors (Lipinski definition) is 9. The summed E-state index contributed by atoms with van der Waals surface area (Å²) in [6.45, 7) is 5.51. The largest absolute Gasteiger partial charge is 0.490 e. The summed E-state index contributed by atoms with van der Waals surface area (Å²) in [6.07, 6.45) is 4.69. The highest BCUT2D eigenvalue weighted by Crippen LogP contribution is 2.27. The second-order valence-electron chi connectivity index (χ2n) is 10.4. The average molecular weight is 568 g/mol. The van der Waals surface area contributed by atoms with Crippen LogP contribution in [-0.4, -0.2) is 73.4 Å². The van der Waals surface area contributed by atoms with Crippen molar-refractivity contribution in [1.82, 2.24) is 35.5 Å². The number of urea groups is 1. The van der Waals surface area contributed by atoms with E-state index in [-0.39, 0.29) is 5.70 Å². The Bertz CT molecular complexity index is 1280. The standard InChI is InChI=1S/C22H31N9O2.C2HF3O2/c1-12(2)10-23-14-3-5-15(6-4-14)25-20-28-18-13(9-17-19(32)29-22(33)27-17)11-24-31(18)21(30-20)26-16-7-8-16;3-2(4,5)1(6)7/h9,11-12,14-16,23H,3-8,10H2,1-2H3,(H2,25,26,28,30)(H2,27,29,32,33);(H,6,7)/b17-9-;/t14-,15-;. The summed E-state index contributed by atoms with van der Waals surface area (Å²) >= 11 is 0. The minimum atomic E-state index is -5.08. The fourth-order valence-electron chi connectivity index (χ4n) is 4.23. The zero-order valence-electron chi connectivity index (χ0n) is 22.0. The van der Waals surface area contributed by atoms with Gasteiger partial charge in [-0.3, -0.25) is 10.1 Å². The lowest BCUT2D eigenvalue weighted by atomic mass is 9.91. The molecule has 0 radical (unpaired) electrons. The lowest BCUT2D eigenvalue weighted by Crippen LogP contribution is -2.38. The molecule has 218 valence electrons. The van der Waals surface area contributed by atoms with Crippen LogP contribution in [0, 0.1) is 5.92 Å². The summed E-state index contributed by atoms with van der Waals surface area (Å²) in [7, 11) is 0. The molecular formula is C24H32F3N9O4. The summed E-state index contributed by atoms with van der Waals surface area (Å²) in [4.78, 5) is 41.7. The first-order chi connectivity index (χ1) is 18.9. The summed E-state index contributed by atoms with van der Waals surface area (Å²) < 4.78 is 33.4. The SMILES string of the molecule is CC(C)CN[C@H]1CC[C@H](Nc2nc(NC3CC3)n3ncc(/C=C4\NC(=O)NC4=O)c3n2)CC1.O=C(O)C(F)(F)F. The summed E-state index contributed by atoms with van der Waals surface area (Å²) in [5, 5.41) is 26.9. The van der Waals surface area contributed by atoms with E-state index in [9.17, 15) is 22.8 Å². The van der Waals surface area contributed by atoms with E-state index >= 15 is 0 Å². The van der Waals surface area contributed by atoms with Gasteiger partial charge in [0.05, 0.1) is 6.20 Å². The van der Waals surface area contributed by atoms with Crippen LogP contribution in [0.4, 0.5) is 29.9 Å². The molecule has 2 aromatic rings. The van der Waals surface area contributed by atoms with Gasteiger partial charge < -0.3 is 26.4 Å². The van der Waals surface area contributed by atoms with Crippen LogP contribution in [0.15, 0.2) is 11.9 Å². The minimum absolute atomic E-state index is 0.173. The number of nitrogens with one attached hydrogen (secondary N) is 5. The molecule has 0 aromatic carbocycles. The Morgan fingerprint density at radius 3 is 2.23 bits per heavy atom. The molecule has 0 atom stereocenters. The van der Waals surface area contributed by atoms with Crippen LogP contribution >= 0.6 is 0 Å². The zero-order chi connectivity index (χ0) is 29.0. The van der Waals surface area contributed by atoms with Gasteiger partial charge in [0.2, 0.25) is 11.9 Å². The van der Waals surface area contributed by atoms with Crippen molar-refractivity contribution in [3.05, 3.63) is 17.5 Å². The van der Waals surface area contributed by atoms with E-state index in [1.165, 1.54) is 0 Å². The third-order valence-corrected chi connectivity index (χ3v) is 6.44. The van der Waals surface area contributed by atoms with E-state index in [4.69, 9.17) is 19.9 Å². The number of imide groups is 1. The van der Waals surface area contributed by atoms with Gasteiger partial charge in [-0.05, 0) is 57.1 Å². The molecule has 0 spiro atoms. The Kier molecular flexibility index (Phi) is 8.76. The lowest BCUT2D eigenvalue weighted by Gasteiger charge is -2.30. The Labute approximate surface area is 227 Å². The Hall–Kier alpha value is -3.95. The number of carbonyl (C=O) groups excluding carboxylic acids is 2. The molecule has 40 heavy (non-hydrogen) atoms. The van der Waals surface area contributed by atoms with Crippen molar-refractivity contribution in [2.75, 3.05) is 17.2 Å². The number of rotatable bonds is 8. The monoisotopic (exact) mass is 567 g/mol. The van der Waals surface area contributed by atoms with Crippen LogP contribution < -0.4 is 26.6 Å². The first-order valence-corrected chi connectivity index (χ1v) is 13.1. The third-order valence-electron chi connectivity index (χ3n) is 6.44. The number of carbonyl (C=O) groups is 3. The van der Waals surface area contributed by atoms with Crippen molar-refractivity contribution in [3.63, 3.8) is 0 Å². The number of anilines is 2. The van der Waals surface area contributed by atoms with E-state index in [1.54, 1.807) is 16.8 Å². The molecule has 3 fully saturated rings. The second-order valence-corrected chi connectivity index (χ2v) is 10.4. The third kappa shape index (κ3) is 7.80. The zero-order valence-corrected chi connectivity index (χ0v) is 22.0. The summed E-state index contributed by atoms with van der Waals surface area (Å²) in [5.74, 6) is -1.40. The molecule has 2 saturated carbocycles. The number of amides is 3. The maximum atomic E-state index is 12.0. The highest BCUT2D eigenvalue weighted by molar-refractivity contribution is 6.14. The number of nitrogens with zero attached hydrogens (tertiary/aromatic N) is 4. The Morgan fingerprint density at radius 1 is 1.07 bits per heavy atom. The number of fused-ring (bicyclic) bond motifs is 1. The fraction of sp³-hybridized carbons (Fsp3) is 0.583. The summed E-state index contributed by atoms with van der Waals surface area (Å²) in [5.41, 5.74) is 1.38. The van der Waals surface area contributed by atoms with E-state index in [1.807, 2.05) is 0 Å². The Morgan fingerprint density at radius 2 is 1.68 bits per heavy atom. The number of hydrogen-bond donors (Lipinski definition) is 6. The smallest absolute Gasteiger partial charge is 0.475 e. The predicted octanol–water partition coefficient (Wildman–Crippen LogP) is 2.48. The maximum absolute atomic E-state index is 12.0. The molecule has 1 saturated heterocycles. The molecule has 2 aliphatic carbocycles. The predicted molar refractivity (Wildman–Crippen MR) is 138 cm³/mol. The van der Waals surface area contributed by atoms with Crippen LogP contribution in [-0.2, 0) is 9.59 Å². The van der Waals surface area contributed by atoms with Crippen LogP contribution in [0.1, 0.15) is 57.9 Å². The van der Waals surface area contributed by atoms with Gasteiger partial charge in [0.15, 0.2) is 5.65 Å². The van der Waals surface area contributed by atoms with Crippen molar-refractivity contribution < 1.29 is 32.7 Å². The van der Waals surface area contributed by atoms with Crippen molar-refractivity contribution in [3.8, 4) is 0 Å². The number of halogens is 3. The van der Waals surface area contributed by atoms with Gasteiger partial charge in [-0.25, -0.2) is 9.59 Å². The number of alkyl halides is 3. The fourth-order valence-corrected chi connectivity index (χ4v) is 4.23. The van der Waals surface area contributed by atoms with E-state index < -0.39 is 24.1 Å². The second kappa shape index (κ2) is 12.1. The molecule has 1 aliphatic heterocycles. The molecule has 3 heterocycles. The molecule has 2 aromatic heterocycles. The average Bonchev–Trinajstić information content (AvgIpc) is 3.51. The molecular weight excluding hydrogens is 535 g/mol. The summed E-state index contributed by atoms with van der Waals surface area (Å²) in [6, 6.07) is 0.739. The van der Waals surface area contributed by atoms with Crippen LogP contribution in [0.25, 0.3) is 11.7 Å². The first kappa shape index (κ1) is 29.0. The van der Waals surface area contributed by atoms with Crippen LogP contribution in [0.5, 0.6) is 0 Å². The van der Waals surface area contributed by atoms with Gasteiger partial charge in [-0.2, -0.15) is 32.8 Å². The van der Waals surface area contributed by atoms with Gasteiger partial charge in [-0.1, -0.05) is 13.8 Å². The molecule has 5 rings (SSSR count). The number of aromatic nitrogens is 4. The van der Waals surface area contributed by atoms with Crippen molar-refractivity contribution >= 4 is 41.5 Å². The van der Waals surface area contributed by atoms with Crippen LogP contribution in [0.3, 0.4) is 0 Å². The highest BCUT2D eigenvalue weighted by Gasteiger charge is 2.38. The topological polar surface area (TPSA) is 175 Å². The highest BCUT2D eigenvalue weighted by atomic mass is 19.4.